The van der Waals surface area contributed by atoms with E-state index in [4.69, 9.17) is 9.84 Å². The van der Waals surface area contributed by atoms with E-state index in [-0.39, 0.29) is 19.1 Å². The van der Waals surface area contributed by atoms with Gasteiger partial charge in [-0.2, -0.15) is 0 Å². The van der Waals surface area contributed by atoms with E-state index in [1.54, 1.807) is 0 Å². The van der Waals surface area contributed by atoms with E-state index in [0.717, 1.165) is 31.2 Å². The van der Waals surface area contributed by atoms with Crippen molar-refractivity contribution >= 4 is 12.1 Å². The van der Waals surface area contributed by atoms with Gasteiger partial charge in [0.25, 0.3) is 0 Å². The number of benzene rings is 1. The molecule has 1 fully saturated rings. The number of nitrogens with one attached hydrogen (secondary N) is 1. The number of carbonyl (C=O) groups is 2. The fraction of sp³-hybridized carbons (Fsp3) is 0.529. The molecular formula is C17H23NO4. The Hall–Kier alpha value is -2.04. The highest BCUT2D eigenvalue weighted by Crippen LogP contribution is 2.29. The first-order chi connectivity index (χ1) is 10.6. The molecule has 5 nitrogen and oxygen atoms in total. The summed E-state index contributed by atoms with van der Waals surface area (Å²) in [5, 5.41) is 11.7. The van der Waals surface area contributed by atoms with Crippen LogP contribution in [0.2, 0.25) is 0 Å². The molecule has 2 rings (SSSR count). The third-order valence-electron chi connectivity index (χ3n) is 4.15. The Bertz CT molecular complexity index is 483. The smallest absolute Gasteiger partial charge is 0.407 e. The van der Waals surface area contributed by atoms with Gasteiger partial charge in [0.2, 0.25) is 0 Å². The molecule has 1 aromatic rings. The summed E-state index contributed by atoms with van der Waals surface area (Å²) >= 11 is 0. The summed E-state index contributed by atoms with van der Waals surface area (Å²) in [6.07, 6.45) is 4.45. The van der Waals surface area contributed by atoms with Crippen molar-refractivity contribution in [2.75, 3.05) is 0 Å². The lowest BCUT2D eigenvalue weighted by Gasteiger charge is -2.23. The summed E-state index contributed by atoms with van der Waals surface area (Å²) in [6.45, 7) is 0.225. The molecule has 1 aliphatic carbocycles. The van der Waals surface area contributed by atoms with Crippen LogP contribution in [0.15, 0.2) is 30.3 Å². The van der Waals surface area contributed by atoms with Gasteiger partial charge in [-0.15, -0.1) is 0 Å². The molecule has 1 aromatic carbocycles. The maximum absolute atomic E-state index is 11.9. The van der Waals surface area contributed by atoms with Crippen molar-refractivity contribution in [3.63, 3.8) is 0 Å². The van der Waals surface area contributed by atoms with E-state index < -0.39 is 12.1 Å². The number of alkyl carbamates (subject to hydrolysis) is 1. The molecule has 1 amide bonds. The molecule has 0 aromatic heterocycles. The number of carboxylic acid groups (broad SMARTS) is 1. The second-order valence-corrected chi connectivity index (χ2v) is 5.79. The minimum atomic E-state index is -0.831. The molecule has 0 bridgehead atoms. The van der Waals surface area contributed by atoms with Gasteiger partial charge in [-0.1, -0.05) is 43.2 Å². The molecule has 120 valence electrons. The Morgan fingerprint density at radius 3 is 2.55 bits per heavy atom. The van der Waals surface area contributed by atoms with E-state index >= 15 is 0 Å². The molecule has 1 aliphatic rings. The predicted molar refractivity (Wildman–Crippen MR) is 82.4 cm³/mol. The summed E-state index contributed by atoms with van der Waals surface area (Å²) in [6, 6.07) is 9.38. The normalized spacial score (nSPS) is 16.2. The molecule has 0 spiro atoms. The fourth-order valence-corrected chi connectivity index (χ4v) is 2.98. The van der Waals surface area contributed by atoms with Gasteiger partial charge >= 0.3 is 12.1 Å². The summed E-state index contributed by atoms with van der Waals surface area (Å²) in [5.74, 6) is -0.467. The Balaban J connectivity index is 1.82. The number of rotatable bonds is 7. The quantitative estimate of drug-likeness (QED) is 0.810. The second kappa shape index (κ2) is 8.41. The first-order valence-corrected chi connectivity index (χ1v) is 7.84. The predicted octanol–water partition coefficient (Wildman–Crippen LogP) is 3.34. The zero-order valence-electron chi connectivity index (χ0n) is 12.7. The van der Waals surface area contributed by atoms with Gasteiger partial charge in [0.05, 0.1) is 0 Å². The zero-order valence-corrected chi connectivity index (χ0v) is 12.7. The van der Waals surface area contributed by atoms with E-state index in [2.05, 4.69) is 5.32 Å². The molecule has 0 unspecified atom stereocenters. The Labute approximate surface area is 130 Å². The molecule has 2 N–H and O–H groups in total. The molecule has 5 heteroatoms. The van der Waals surface area contributed by atoms with Crippen LogP contribution in [0.1, 0.15) is 44.1 Å². The number of hydrogen-bond acceptors (Lipinski definition) is 3. The first-order valence-electron chi connectivity index (χ1n) is 7.84. The van der Waals surface area contributed by atoms with Gasteiger partial charge in [0.15, 0.2) is 0 Å². The summed E-state index contributed by atoms with van der Waals surface area (Å²) in [4.78, 5) is 22.7. The Morgan fingerprint density at radius 1 is 1.23 bits per heavy atom. The van der Waals surface area contributed by atoms with Crippen molar-refractivity contribution < 1.29 is 19.4 Å². The van der Waals surface area contributed by atoms with Gasteiger partial charge in [-0.05, 0) is 30.7 Å². The van der Waals surface area contributed by atoms with Crippen molar-refractivity contribution in [1.82, 2.24) is 5.32 Å². The standard InChI is InChI=1S/C17H23NO4/c19-16(20)11-10-15(14-8-4-5-9-14)18-17(21)22-12-13-6-2-1-3-7-13/h1-3,6-7,14-15H,4-5,8-12H2,(H,18,21)(H,19,20)/t15-/m1/s1. The van der Waals surface area contributed by atoms with Crippen molar-refractivity contribution in [2.45, 2.75) is 51.2 Å². The summed E-state index contributed by atoms with van der Waals surface area (Å²) < 4.78 is 5.23. The van der Waals surface area contributed by atoms with Crippen LogP contribution in [-0.2, 0) is 16.1 Å². The third-order valence-corrected chi connectivity index (χ3v) is 4.15. The van der Waals surface area contributed by atoms with Crippen molar-refractivity contribution in [3.05, 3.63) is 35.9 Å². The lowest BCUT2D eigenvalue weighted by Crippen LogP contribution is -2.40. The Morgan fingerprint density at radius 2 is 1.91 bits per heavy atom. The lowest BCUT2D eigenvalue weighted by molar-refractivity contribution is -0.137. The largest absolute Gasteiger partial charge is 0.481 e. The van der Waals surface area contributed by atoms with Crippen molar-refractivity contribution in [3.8, 4) is 0 Å². The highest BCUT2D eigenvalue weighted by molar-refractivity contribution is 5.68. The van der Waals surface area contributed by atoms with Gasteiger partial charge in [0.1, 0.15) is 6.61 Å². The Kier molecular flexibility index (Phi) is 6.25. The number of hydrogen-bond donors (Lipinski definition) is 2. The van der Waals surface area contributed by atoms with Gasteiger partial charge in [-0.3, -0.25) is 4.79 Å². The molecular weight excluding hydrogens is 282 g/mol. The summed E-state index contributed by atoms with van der Waals surface area (Å²) in [7, 11) is 0. The van der Waals surface area contributed by atoms with Gasteiger partial charge in [-0.25, -0.2) is 4.79 Å². The molecule has 0 radical (unpaired) electrons. The number of amides is 1. The monoisotopic (exact) mass is 305 g/mol. The molecule has 22 heavy (non-hydrogen) atoms. The van der Waals surface area contributed by atoms with E-state index in [1.165, 1.54) is 0 Å². The van der Waals surface area contributed by atoms with Crippen LogP contribution < -0.4 is 5.32 Å². The van der Waals surface area contributed by atoms with Crippen LogP contribution in [0.3, 0.4) is 0 Å². The van der Waals surface area contributed by atoms with E-state index in [1.807, 2.05) is 30.3 Å². The van der Waals surface area contributed by atoms with Crippen molar-refractivity contribution in [2.24, 2.45) is 5.92 Å². The first kappa shape index (κ1) is 16.3. The van der Waals surface area contributed by atoms with Crippen LogP contribution in [0.25, 0.3) is 0 Å². The van der Waals surface area contributed by atoms with E-state index in [9.17, 15) is 9.59 Å². The van der Waals surface area contributed by atoms with Crippen LogP contribution >= 0.6 is 0 Å². The highest BCUT2D eigenvalue weighted by atomic mass is 16.5. The van der Waals surface area contributed by atoms with Crippen LogP contribution in [-0.4, -0.2) is 23.2 Å². The van der Waals surface area contributed by atoms with E-state index in [0.29, 0.717) is 12.3 Å². The van der Waals surface area contributed by atoms with Crippen LogP contribution in [0.4, 0.5) is 4.79 Å². The maximum Gasteiger partial charge on any atom is 0.407 e. The molecule has 1 saturated carbocycles. The molecule has 1 atom stereocenters. The molecule has 0 aliphatic heterocycles. The highest BCUT2D eigenvalue weighted by Gasteiger charge is 2.27. The minimum absolute atomic E-state index is 0.0696. The number of aliphatic carboxylic acids is 1. The lowest BCUT2D eigenvalue weighted by atomic mass is 9.94. The number of ether oxygens (including phenoxy) is 1. The number of carbonyl (C=O) groups excluding carboxylic acids is 1. The average molecular weight is 305 g/mol. The topological polar surface area (TPSA) is 75.6 Å². The molecule has 0 saturated heterocycles. The third kappa shape index (κ3) is 5.39. The minimum Gasteiger partial charge on any atom is -0.481 e. The maximum atomic E-state index is 11.9. The molecule has 0 heterocycles. The fourth-order valence-electron chi connectivity index (χ4n) is 2.98. The average Bonchev–Trinajstić information content (AvgIpc) is 3.04. The SMILES string of the molecule is O=C(O)CC[C@@H](NC(=O)OCc1ccccc1)C1CCCC1. The zero-order chi connectivity index (χ0) is 15.8. The van der Waals surface area contributed by atoms with Crippen LogP contribution in [0, 0.1) is 5.92 Å². The van der Waals surface area contributed by atoms with Gasteiger partial charge < -0.3 is 15.2 Å². The second-order valence-electron chi connectivity index (χ2n) is 5.79. The van der Waals surface area contributed by atoms with Crippen molar-refractivity contribution in [1.29, 1.82) is 0 Å². The summed E-state index contributed by atoms with van der Waals surface area (Å²) in [5.41, 5.74) is 0.931. The number of carboxylic acids is 1. The van der Waals surface area contributed by atoms with Crippen LogP contribution in [0.5, 0.6) is 0 Å². The van der Waals surface area contributed by atoms with Gasteiger partial charge in [0, 0.05) is 12.5 Å².